The molecular formula is C11H15NO5. The minimum absolute atomic E-state index is 0.172. The predicted octanol–water partition coefficient (Wildman–Crippen LogP) is 2.72. The Balaban J connectivity index is 0.00000121. The van der Waals surface area contributed by atoms with Crippen LogP contribution < -0.4 is 4.74 Å². The number of para-hydroxylation sites is 1. The average Bonchev–Trinajstić information content (AvgIpc) is 2.31. The van der Waals surface area contributed by atoms with Gasteiger partial charge < -0.3 is 9.84 Å². The Labute approximate surface area is 99.0 Å². The van der Waals surface area contributed by atoms with E-state index < -0.39 is 10.9 Å². The van der Waals surface area contributed by atoms with Crippen molar-refractivity contribution < 1.29 is 19.6 Å². The van der Waals surface area contributed by atoms with Gasteiger partial charge in [0.2, 0.25) is 5.75 Å². The van der Waals surface area contributed by atoms with Crippen LogP contribution in [0.3, 0.4) is 0 Å². The summed E-state index contributed by atoms with van der Waals surface area (Å²) in [4.78, 5) is 20.7. The van der Waals surface area contributed by atoms with Gasteiger partial charge in [-0.1, -0.05) is 19.9 Å². The summed E-state index contributed by atoms with van der Waals surface area (Å²) in [5, 5.41) is 19.4. The number of carboxylic acid groups (broad SMARTS) is 1. The molecule has 94 valence electrons. The molecule has 1 aromatic rings. The summed E-state index contributed by atoms with van der Waals surface area (Å²) >= 11 is 0. The summed E-state index contributed by atoms with van der Waals surface area (Å²) in [6, 6.07) is 3.78. The number of rotatable bonds is 4. The van der Waals surface area contributed by atoms with Crippen molar-refractivity contribution in [2.24, 2.45) is 0 Å². The summed E-state index contributed by atoms with van der Waals surface area (Å²) in [7, 11) is 0. The van der Waals surface area contributed by atoms with Crippen LogP contribution in [0.15, 0.2) is 18.2 Å². The largest absolute Gasteiger partial charge is 0.487 e. The highest BCUT2D eigenvalue weighted by Crippen LogP contribution is 2.30. The van der Waals surface area contributed by atoms with Crippen LogP contribution in [0, 0.1) is 10.1 Å². The molecule has 1 rings (SSSR count). The second-order valence-electron chi connectivity index (χ2n) is 2.65. The second-order valence-corrected chi connectivity index (χ2v) is 2.65. The monoisotopic (exact) mass is 241 g/mol. The van der Waals surface area contributed by atoms with Gasteiger partial charge in [0.05, 0.1) is 11.5 Å². The smallest absolute Gasteiger partial charge is 0.339 e. The number of nitrogens with zero attached hydrogens (tertiary/aromatic N) is 1. The molecule has 0 aliphatic carbocycles. The highest BCUT2D eigenvalue weighted by atomic mass is 16.6. The molecule has 0 fully saturated rings. The Bertz CT molecular complexity index is 371. The van der Waals surface area contributed by atoms with E-state index in [1.165, 1.54) is 18.2 Å². The van der Waals surface area contributed by atoms with E-state index in [-0.39, 0.29) is 23.6 Å². The molecule has 0 saturated carbocycles. The molecule has 0 saturated heterocycles. The molecule has 0 bridgehead atoms. The molecule has 0 aromatic heterocycles. The van der Waals surface area contributed by atoms with E-state index in [4.69, 9.17) is 9.84 Å². The Morgan fingerprint density at radius 1 is 1.47 bits per heavy atom. The third kappa shape index (κ3) is 3.75. The van der Waals surface area contributed by atoms with Gasteiger partial charge in [0.15, 0.2) is 0 Å². The lowest BCUT2D eigenvalue weighted by atomic mass is 10.2. The zero-order chi connectivity index (χ0) is 13.4. The van der Waals surface area contributed by atoms with E-state index in [2.05, 4.69) is 0 Å². The van der Waals surface area contributed by atoms with E-state index >= 15 is 0 Å². The predicted molar refractivity (Wildman–Crippen MR) is 62.6 cm³/mol. The lowest BCUT2D eigenvalue weighted by Gasteiger charge is -2.06. The van der Waals surface area contributed by atoms with Gasteiger partial charge in [-0.3, -0.25) is 10.1 Å². The van der Waals surface area contributed by atoms with Crippen LogP contribution in [-0.4, -0.2) is 22.6 Å². The molecule has 0 heterocycles. The number of nitro benzene ring substituents is 1. The van der Waals surface area contributed by atoms with Crippen molar-refractivity contribution >= 4 is 11.7 Å². The Kier molecular flexibility index (Phi) is 6.32. The molecule has 0 atom stereocenters. The number of ether oxygens (including phenoxy) is 1. The first-order chi connectivity index (χ1) is 8.07. The number of nitro groups is 1. The maximum atomic E-state index is 10.8. The van der Waals surface area contributed by atoms with Gasteiger partial charge in [-0.25, -0.2) is 4.79 Å². The second kappa shape index (κ2) is 7.21. The molecule has 0 radical (unpaired) electrons. The summed E-state index contributed by atoms with van der Waals surface area (Å²) < 4.78 is 4.97. The molecule has 17 heavy (non-hydrogen) atoms. The van der Waals surface area contributed by atoms with Gasteiger partial charge >= 0.3 is 11.7 Å². The van der Waals surface area contributed by atoms with Gasteiger partial charge in [0, 0.05) is 6.07 Å². The van der Waals surface area contributed by atoms with Crippen LogP contribution >= 0.6 is 0 Å². The van der Waals surface area contributed by atoms with Crippen molar-refractivity contribution in [3.63, 3.8) is 0 Å². The average molecular weight is 241 g/mol. The van der Waals surface area contributed by atoms with Crippen LogP contribution in [0.5, 0.6) is 5.75 Å². The van der Waals surface area contributed by atoms with Crippen LogP contribution in [0.25, 0.3) is 0 Å². The summed E-state index contributed by atoms with van der Waals surface area (Å²) in [6.45, 7) is 5.80. The van der Waals surface area contributed by atoms with Crippen molar-refractivity contribution in [2.75, 3.05) is 6.61 Å². The molecule has 0 spiro atoms. The highest BCUT2D eigenvalue weighted by molar-refractivity contribution is 5.92. The van der Waals surface area contributed by atoms with E-state index in [1.54, 1.807) is 6.92 Å². The minimum atomic E-state index is -1.25. The Morgan fingerprint density at radius 2 is 2.06 bits per heavy atom. The number of hydrogen-bond acceptors (Lipinski definition) is 4. The van der Waals surface area contributed by atoms with Crippen molar-refractivity contribution in [1.82, 2.24) is 0 Å². The van der Waals surface area contributed by atoms with Crippen LogP contribution in [-0.2, 0) is 0 Å². The maximum Gasteiger partial charge on any atom is 0.339 e. The summed E-state index contributed by atoms with van der Waals surface area (Å²) in [5.41, 5.74) is -0.539. The molecule has 0 unspecified atom stereocenters. The molecule has 1 N–H and O–H groups in total. The van der Waals surface area contributed by atoms with E-state index in [1.807, 2.05) is 13.8 Å². The molecule has 0 aliphatic heterocycles. The molecule has 0 aliphatic rings. The van der Waals surface area contributed by atoms with Crippen LogP contribution in [0.4, 0.5) is 5.69 Å². The highest BCUT2D eigenvalue weighted by Gasteiger charge is 2.22. The standard InChI is InChI=1S/C9H9NO5.C2H6/c1-2-15-8-6(9(11)12)4-3-5-7(8)10(13)14;1-2/h3-5H,2H2,1H3,(H,11,12);1-2H3. The van der Waals surface area contributed by atoms with Crippen LogP contribution in [0.1, 0.15) is 31.1 Å². The number of aromatic carboxylic acids is 1. The number of carbonyl (C=O) groups is 1. The van der Waals surface area contributed by atoms with E-state index in [0.717, 1.165) is 0 Å². The van der Waals surface area contributed by atoms with E-state index in [9.17, 15) is 14.9 Å². The number of carboxylic acids is 1. The lowest BCUT2D eigenvalue weighted by Crippen LogP contribution is -2.05. The molecule has 0 amide bonds. The van der Waals surface area contributed by atoms with E-state index in [0.29, 0.717) is 0 Å². The van der Waals surface area contributed by atoms with Gasteiger partial charge in [-0.05, 0) is 13.0 Å². The Hall–Kier alpha value is -2.11. The molecular weight excluding hydrogens is 226 g/mol. The van der Waals surface area contributed by atoms with Crippen molar-refractivity contribution in [1.29, 1.82) is 0 Å². The third-order valence-corrected chi connectivity index (χ3v) is 1.71. The normalized spacial score (nSPS) is 8.88. The minimum Gasteiger partial charge on any atom is -0.487 e. The zero-order valence-electron chi connectivity index (χ0n) is 9.97. The van der Waals surface area contributed by atoms with Gasteiger partial charge in [-0.15, -0.1) is 0 Å². The fraction of sp³-hybridized carbons (Fsp3) is 0.364. The topological polar surface area (TPSA) is 89.7 Å². The summed E-state index contributed by atoms with van der Waals surface area (Å²) in [5.74, 6) is -1.44. The number of hydrogen-bond donors (Lipinski definition) is 1. The summed E-state index contributed by atoms with van der Waals surface area (Å²) in [6.07, 6.45) is 0. The quantitative estimate of drug-likeness (QED) is 0.646. The number of benzene rings is 1. The first-order valence-electron chi connectivity index (χ1n) is 5.21. The molecule has 6 nitrogen and oxygen atoms in total. The maximum absolute atomic E-state index is 10.8. The zero-order valence-corrected chi connectivity index (χ0v) is 9.97. The fourth-order valence-corrected chi connectivity index (χ4v) is 1.13. The molecule has 1 aromatic carbocycles. The van der Waals surface area contributed by atoms with Crippen molar-refractivity contribution in [2.45, 2.75) is 20.8 Å². The third-order valence-electron chi connectivity index (χ3n) is 1.71. The van der Waals surface area contributed by atoms with Crippen molar-refractivity contribution in [3.8, 4) is 5.75 Å². The van der Waals surface area contributed by atoms with Crippen LogP contribution in [0.2, 0.25) is 0 Å². The van der Waals surface area contributed by atoms with Gasteiger partial charge in [0.25, 0.3) is 0 Å². The Morgan fingerprint density at radius 3 is 2.47 bits per heavy atom. The van der Waals surface area contributed by atoms with Gasteiger partial charge in [-0.2, -0.15) is 0 Å². The first-order valence-corrected chi connectivity index (χ1v) is 5.21. The molecule has 6 heteroatoms. The van der Waals surface area contributed by atoms with Gasteiger partial charge in [0.1, 0.15) is 5.56 Å². The fourth-order valence-electron chi connectivity index (χ4n) is 1.13. The lowest BCUT2D eigenvalue weighted by molar-refractivity contribution is -0.385. The first kappa shape index (κ1) is 14.9. The van der Waals surface area contributed by atoms with Crippen molar-refractivity contribution in [3.05, 3.63) is 33.9 Å². The SMILES string of the molecule is CC.CCOc1c(C(=O)O)cccc1[N+](=O)[O-].